The molecule has 3 aromatic carbocycles. The fourth-order valence-corrected chi connectivity index (χ4v) is 4.11. The number of aliphatic hydroxyl groups is 2. The number of halogens is 1. The molecule has 7 heteroatoms. The van der Waals surface area contributed by atoms with Gasteiger partial charge in [0.1, 0.15) is 12.4 Å². The molecule has 0 bridgehead atoms. The molecule has 0 amide bonds. The second-order valence-corrected chi connectivity index (χ2v) is 9.14. The zero-order chi connectivity index (χ0) is 26.9. The van der Waals surface area contributed by atoms with Crippen LogP contribution in [0, 0.1) is 5.82 Å². The number of carboxylic acid groups (broad SMARTS) is 1. The normalized spacial score (nSPS) is 13.1. The Labute approximate surface area is 216 Å². The lowest BCUT2D eigenvalue weighted by Gasteiger charge is -2.23. The summed E-state index contributed by atoms with van der Waals surface area (Å²) in [5.41, 5.74) is 4.00. The maximum absolute atomic E-state index is 13.8. The summed E-state index contributed by atoms with van der Waals surface area (Å²) in [6.07, 6.45) is 0.417. The first-order chi connectivity index (χ1) is 17.7. The molecule has 0 spiro atoms. The minimum Gasteiger partial charge on any atom is -0.493 e. The van der Waals surface area contributed by atoms with Crippen molar-refractivity contribution in [1.82, 2.24) is 0 Å². The van der Waals surface area contributed by atoms with Gasteiger partial charge < -0.3 is 24.8 Å². The van der Waals surface area contributed by atoms with Crippen LogP contribution in [0.5, 0.6) is 11.5 Å². The Morgan fingerprint density at radius 1 is 1.05 bits per heavy atom. The lowest BCUT2D eigenvalue weighted by Crippen LogP contribution is -2.19. The maximum atomic E-state index is 13.8. The van der Waals surface area contributed by atoms with E-state index in [4.69, 9.17) is 14.6 Å². The van der Waals surface area contributed by atoms with Gasteiger partial charge in [-0.3, -0.25) is 4.79 Å². The summed E-state index contributed by atoms with van der Waals surface area (Å²) in [4.78, 5) is 10.9. The SMILES string of the molecule is COc1cc(C(C)C)c(/C=C/C(O)CC(O)CC(=O)O)c(-c2ccc(F)cc2)c1OCc1ccccc1. The van der Waals surface area contributed by atoms with Crippen molar-refractivity contribution in [3.8, 4) is 22.6 Å². The number of benzene rings is 3. The number of carbonyl (C=O) groups is 1. The van der Waals surface area contributed by atoms with Gasteiger partial charge in [0.05, 0.1) is 25.7 Å². The van der Waals surface area contributed by atoms with Crippen LogP contribution in [0.25, 0.3) is 17.2 Å². The van der Waals surface area contributed by atoms with Gasteiger partial charge in [0.25, 0.3) is 0 Å². The summed E-state index contributed by atoms with van der Waals surface area (Å²) in [6, 6.07) is 17.6. The van der Waals surface area contributed by atoms with Crippen molar-refractivity contribution in [3.63, 3.8) is 0 Å². The van der Waals surface area contributed by atoms with Gasteiger partial charge in [-0.15, -0.1) is 0 Å². The fraction of sp³-hybridized carbons (Fsp3) is 0.300. The number of aliphatic hydroxyl groups excluding tert-OH is 2. The molecule has 2 unspecified atom stereocenters. The number of ether oxygens (including phenoxy) is 2. The van der Waals surface area contributed by atoms with Gasteiger partial charge >= 0.3 is 5.97 Å². The minimum atomic E-state index is -1.18. The van der Waals surface area contributed by atoms with Gasteiger partial charge in [-0.25, -0.2) is 4.39 Å². The molecular formula is C30H33FO6. The fourth-order valence-electron chi connectivity index (χ4n) is 4.11. The van der Waals surface area contributed by atoms with Crippen LogP contribution < -0.4 is 9.47 Å². The molecule has 0 aliphatic carbocycles. The molecule has 37 heavy (non-hydrogen) atoms. The van der Waals surface area contributed by atoms with Crippen LogP contribution in [-0.4, -0.2) is 40.6 Å². The van der Waals surface area contributed by atoms with E-state index < -0.39 is 24.6 Å². The number of carboxylic acids is 1. The van der Waals surface area contributed by atoms with Crippen LogP contribution in [0.1, 0.15) is 49.3 Å². The molecule has 3 N–H and O–H groups in total. The highest BCUT2D eigenvalue weighted by atomic mass is 19.1. The van der Waals surface area contributed by atoms with Crippen molar-refractivity contribution in [2.24, 2.45) is 0 Å². The lowest BCUT2D eigenvalue weighted by atomic mass is 9.88. The van der Waals surface area contributed by atoms with Crippen LogP contribution in [0.2, 0.25) is 0 Å². The molecule has 196 valence electrons. The van der Waals surface area contributed by atoms with Gasteiger partial charge in [0, 0.05) is 12.0 Å². The van der Waals surface area contributed by atoms with E-state index in [2.05, 4.69) is 0 Å². The second kappa shape index (κ2) is 13.0. The molecule has 0 saturated carbocycles. The average Bonchev–Trinajstić information content (AvgIpc) is 2.86. The molecule has 0 aliphatic heterocycles. The highest BCUT2D eigenvalue weighted by Gasteiger charge is 2.22. The summed E-state index contributed by atoms with van der Waals surface area (Å²) in [6.45, 7) is 4.33. The van der Waals surface area contributed by atoms with Crippen LogP contribution in [0.3, 0.4) is 0 Å². The number of hydrogen-bond acceptors (Lipinski definition) is 5. The smallest absolute Gasteiger partial charge is 0.305 e. The predicted molar refractivity (Wildman–Crippen MR) is 141 cm³/mol. The number of hydrogen-bond donors (Lipinski definition) is 3. The summed E-state index contributed by atoms with van der Waals surface area (Å²) in [5.74, 6) is -0.455. The third-order valence-electron chi connectivity index (χ3n) is 5.93. The van der Waals surface area contributed by atoms with Crippen molar-refractivity contribution in [2.45, 2.75) is 51.4 Å². The molecule has 0 aliphatic rings. The van der Waals surface area contributed by atoms with Crippen molar-refractivity contribution in [1.29, 1.82) is 0 Å². The molecule has 0 saturated heterocycles. The molecular weight excluding hydrogens is 475 g/mol. The van der Waals surface area contributed by atoms with Crippen molar-refractivity contribution >= 4 is 12.0 Å². The van der Waals surface area contributed by atoms with E-state index in [0.717, 1.165) is 16.7 Å². The topological polar surface area (TPSA) is 96.2 Å². The Morgan fingerprint density at radius 3 is 2.32 bits per heavy atom. The quantitative estimate of drug-likeness (QED) is 0.286. The first-order valence-electron chi connectivity index (χ1n) is 12.1. The maximum Gasteiger partial charge on any atom is 0.305 e. The standard InChI is InChI=1S/C30H33FO6/c1-19(2)26-17-27(36-3)30(37-18-20-7-5-4-6-8-20)29(21-9-11-22(31)12-10-21)25(26)14-13-23(32)15-24(33)16-28(34)35/h4-14,17,19,23-24,32-33H,15-16,18H2,1-3H3,(H,34,35)/b14-13+. The number of aliphatic carboxylic acids is 1. The summed E-state index contributed by atoms with van der Waals surface area (Å²) < 4.78 is 25.8. The van der Waals surface area contributed by atoms with E-state index >= 15 is 0 Å². The number of rotatable bonds is 12. The van der Waals surface area contributed by atoms with Gasteiger partial charge in [-0.2, -0.15) is 0 Å². The third kappa shape index (κ3) is 7.65. The Kier molecular flexibility index (Phi) is 9.83. The molecule has 3 aromatic rings. The third-order valence-corrected chi connectivity index (χ3v) is 5.93. The van der Waals surface area contributed by atoms with Gasteiger partial charge in [0.2, 0.25) is 0 Å². The van der Waals surface area contributed by atoms with E-state index in [-0.39, 0.29) is 24.8 Å². The van der Waals surface area contributed by atoms with E-state index in [9.17, 15) is 19.4 Å². The zero-order valence-electron chi connectivity index (χ0n) is 21.2. The molecule has 6 nitrogen and oxygen atoms in total. The lowest BCUT2D eigenvalue weighted by molar-refractivity contribution is -0.139. The Bertz CT molecular complexity index is 1200. The highest BCUT2D eigenvalue weighted by molar-refractivity contribution is 5.85. The largest absolute Gasteiger partial charge is 0.493 e. The van der Waals surface area contributed by atoms with Crippen molar-refractivity contribution in [2.75, 3.05) is 7.11 Å². The van der Waals surface area contributed by atoms with E-state index in [1.807, 2.05) is 50.2 Å². The number of methoxy groups -OCH3 is 1. The predicted octanol–water partition coefficient (Wildman–Crippen LogP) is 5.80. The monoisotopic (exact) mass is 508 g/mol. The van der Waals surface area contributed by atoms with Crippen LogP contribution in [-0.2, 0) is 11.4 Å². The van der Waals surface area contributed by atoms with Crippen LogP contribution in [0.4, 0.5) is 4.39 Å². The second-order valence-electron chi connectivity index (χ2n) is 9.14. The van der Waals surface area contributed by atoms with Crippen molar-refractivity contribution in [3.05, 3.63) is 89.2 Å². The van der Waals surface area contributed by atoms with Gasteiger partial charge in [-0.1, -0.05) is 68.5 Å². The Hall–Kier alpha value is -3.68. The Morgan fingerprint density at radius 2 is 1.73 bits per heavy atom. The Balaban J connectivity index is 2.13. The molecule has 0 heterocycles. The highest BCUT2D eigenvalue weighted by Crippen LogP contribution is 2.45. The van der Waals surface area contributed by atoms with Crippen LogP contribution in [0.15, 0.2) is 66.7 Å². The van der Waals surface area contributed by atoms with Crippen LogP contribution >= 0.6 is 0 Å². The minimum absolute atomic E-state index is 0.0608. The van der Waals surface area contributed by atoms with Gasteiger partial charge in [-0.05, 0) is 46.4 Å². The van der Waals surface area contributed by atoms with Crippen molar-refractivity contribution < 1.29 is 34.0 Å². The molecule has 0 fully saturated rings. The summed E-state index contributed by atoms with van der Waals surface area (Å²) in [5, 5.41) is 29.3. The molecule has 0 aromatic heterocycles. The first kappa shape index (κ1) is 27.9. The zero-order valence-corrected chi connectivity index (χ0v) is 21.2. The molecule has 3 rings (SSSR count). The molecule has 0 radical (unpaired) electrons. The first-order valence-corrected chi connectivity index (χ1v) is 12.1. The van der Waals surface area contributed by atoms with E-state index in [1.54, 1.807) is 25.3 Å². The summed E-state index contributed by atoms with van der Waals surface area (Å²) in [7, 11) is 1.56. The van der Waals surface area contributed by atoms with Gasteiger partial charge in [0.15, 0.2) is 11.5 Å². The summed E-state index contributed by atoms with van der Waals surface area (Å²) >= 11 is 0. The average molecular weight is 509 g/mol. The van der Waals surface area contributed by atoms with E-state index in [1.165, 1.54) is 18.2 Å². The molecule has 2 atom stereocenters. The van der Waals surface area contributed by atoms with E-state index in [0.29, 0.717) is 22.6 Å².